The molecule has 1 amide bonds. The molecular formula is C17H24N2O3S. The van der Waals surface area contributed by atoms with Gasteiger partial charge in [0.2, 0.25) is 5.91 Å². The number of thiophene rings is 1. The third-order valence-corrected chi connectivity index (χ3v) is 5.62. The minimum Gasteiger partial charge on any atom is -0.392 e. The Morgan fingerprint density at radius 2 is 2.09 bits per heavy atom. The topological polar surface area (TPSA) is 64.0 Å². The number of amides is 1. The molecule has 0 radical (unpaired) electrons. The SMILES string of the molecule is O=C(C=Cc1cc(CO)cs1)N1C[C@H](O)[C@@H](N2CCCCC2)C1. The van der Waals surface area contributed by atoms with Crippen LogP contribution in [0.5, 0.6) is 0 Å². The van der Waals surface area contributed by atoms with Crippen molar-refractivity contribution in [2.24, 2.45) is 0 Å². The summed E-state index contributed by atoms with van der Waals surface area (Å²) in [7, 11) is 0. The van der Waals surface area contributed by atoms with Gasteiger partial charge in [0.25, 0.3) is 0 Å². The summed E-state index contributed by atoms with van der Waals surface area (Å²) in [6.45, 7) is 3.10. The second kappa shape index (κ2) is 7.57. The van der Waals surface area contributed by atoms with Gasteiger partial charge in [-0.3, -0.25) is 9.69 Å². The Balaban J connectivity index is 1.57. The van der Waals surface area contributed by atoms with Gasteiger partial charge >= 0.3 is 0 Å². The first-order chi connectivity index (χ1) is 11.2. The van der Waals surface area contributed by atoms with Gasteiger partial charge in [-0.25, -0.2) is 0 Å². The first kappa shape index (κ1) is 16.6. The van der Waals surface area contributed by atoms with Crippen molar-refractivity contribution in [1.82, 2.24) is 9.80 Å². The second-order valence-electron chi connectivity index (χ2n) is 6.32. The van der Waals surface area contributed by atoms with Gasteiger partial charge in [-0.15, -0.1) is 11.3 Å². The van der Waals surface area contributed by atoms with Crippen LogP contribution in [0.15, 0.2) is 17.5 Å². The lowest BCUT2D eigenvalue weighted by atomic mass is 10.1. The molecule has 2 aliphatic rings. The molecule has 1 aromatic heterocycles. The molecule has 0 aliphatic carbocycles. The van der Waals surface area contributed by atoms with Gasteiger partial charge in [0, 0.05) is 24.0 Å². The Kier molecular flexibility index (Phi) is 5.48. The molecule has 1 aromatic rings. The van der Waals surface area contributed by atoms with Crippen LogP contribution in [-0.2, 0) is 11.4 Å². The van der Waals surface area contributed by atoms with E-state index >= 15 is 0 Å². The van der Waals surface area contributed by atoms with Gasteiger partial charge in [-0.1, -0.05) is 6.42 Å². The molecule has 0 spiro atoms. The number of aliphatic hydroxyl groups is 2. The monoisotopic (exact) mass is 336 g/mol. The van der Waals surface area contributed by atoms with Gasteiger partial charge in [0.15, 0.2) is 0 Å². The Labute approximate surface area is 140 Å². The van der Waals surface area contributed by atoms with E-state index in [0.29, 0.717) is 13.1 Å². The number of piperidine rings is 1. The van der Waals surface area contributed by atoms with E-state index in [0.717, 1.165) is 23.5 Å². The van der Waals surface area contributed by atoms with Gasteiger partial charge in [-0.2, -0.15) is 0 Å². The molecule has 0 unspecified atom stereocenters. The first-order valence-corrected chi connectivity index (χ1v) is 9.12. The Hall–Kier alpha value is -1.21. The maximum absolute atomic E-state index is 12.3. The molecule has 3 rings (SSSR count). The predicted molar refractivity (Wildman–Crippen MR) is 91.1 cm³/mol. The third kappa shape index (κ3) is 4.01. The molecule has 23 heavy (non-hydrogen) atoms. The summed E-state index contributed by atoms with van der Waals surface area (Å²) in [5.74, 6) is -0.0532. The van der Waals surface area contributed by atoms with Crippen LogP contribution in [0.2, 0.25) is 0 Å². The summed E-state index contributed by atoms with van der Waals surface area (Å²) < 4.78 is 0. The van der Waals surface area contributed by atoms with Crippen LogP contribution < -0.4 is 0 Å². The van der Waals surface area contributed by atoms with Crippen molar-refractivity contribution in [1.29, 1.82) is 0 Å². The molecular weight excluding hydrogens is 312 g/mol. The highest BCUT2D eigenvalue weighted by atomic mass is 32.1. The van der Waals surface area contributed by atoms with Crippen molar-refractivity contribution in [2.75, 3.05) is 26.2 Å². The van der Waals surface area contributed by atoms with Crippen LogP contribution in [0.25, 0.3) is 6.08 Å². The molecule has 0 saturated carbocycles. The summed E-state index contributed by atoms with van der Waals surface area (Å²) >= 11 is 1.51. The smallest absolute Gasteiger partial charge is 0.246 e. The predicted octanol–water partition coefficient (Wildman–Crippen LogP) is 1.31. The highest BCUT2D eigenvalue weighted by Crippen LogP contribution is 2.21. The van der Waals surface area contributed by atoms with Crippen molar-refractivity contribution in [2.45, 2.75) is 38.0 Å². The van der Waals surface area contributed by atoms with Crippen molar-refractivity contribution in [3.8, 4) is 0 Å². The van der Waals surface area contributed by atoms with Gasteiger partial charge in [0.05, 0.1) is 18.8 Å². The summed E-state index contributed by atoms with van der Waals surface area (Å²) in [4.78, 5) is 17.4. The Morgan fingerprint density at radius 1 is 1.30 bits per heavy atom. The van der Waals surface area contributed by atoms with Crippen molar-refractivity contribution < 1.29 is 15.0 Å². The van der Waals surface area contributed by atoms with E-state index in [1.807, 2.05) is 11.4 Å². The normalized spacial score (nSPS) is 26.3. The molecule has 2 saturated heterocycles. The highest BCUT2D eigenvalue weighted by Gasteiger charge is 2.37. The molecule has 5 nitrogen and oxygen atoms in total. The van der Waals surface area contributed by atoms with Crippen LogP contribution in [0, 0.1) is 0 Å². The van der Waals surface area contributed by atoms with Crippen LogP contribution >= 0.6 is 11.3 Å². The summed E-state index contributed by atoms with van der Waals surface area (Å²) in [5, 5.41) is 21.2. The number of hydrogen-bond acceptors (Lipinski definition) is 5. The number of carbonyl (C=O) groups is 1. The number of aliphatic hydroxyl groups excluding tert-OH is 2. The fraction of sp³-hybridized carbons (Fsp3) is 0.588. The largest absolute Gasteiger partial charge is 0.392 e. The van der Waals surface area contributed by atoms with Crippen LogP contribution in [0.4, 0.5) is 0 Å². The second-order valence-corrected chi connectivity index (χ2v) is 7.27. The summed E-state index contributed by atoms with van der Waals surface area (Å²) in [6.07, 6.45) is 6.53. The Bertz CT molecular complexity index is 566. The van der Waals surface area contributed by atoms with Crippen LogP contribution in [0.1, 0.15) is 29.7 Å². The van der Waals surface area contributed by atoms with E-state index in [1.165, 1.54) is 30.6 Å². The molecule has 0 aromatic carbocycles. The number of carbonyl (C=O) groups excluding carboxylic acids is 1. The minimum atomic E-state index is -0.451. The van der Waals surface area contributed by atoms with Gasteiger partial charge in [0.1, 0.15) is 0 Å². The molecule has 2 aliphatic heterocycles. The maximum atomic E-state index is 12.3. The number of likely N-dealkylation sites (tertiary alicyclic amines) is 2. The summed E-state index contributed by atoms with van der Waals surface area (Å²) in [6, 6.07) is 1.96. The van der Waals surface area contributed by atoms with Crippen LogP contribution in [-0.4, -0.2) is 64.2 Å². The molecule has 6 heteroatoms. The molecule has 2 fully saturated rings. The molecule has 126 valence electrons. The fourth-order valence-corrected chi connectivity index (χ4v) is 4.18. The molecule has 0 bridgehead atoms. The van der Waals surface area contributed by atoms with Gasteiger partial charge in [-0.05, 0) is 49.0 Å². The maximum Gasteiger partial charge on any atom is 0.246 e. The molecule has 2 atom stereocenters. The average molecular weight is 336 g/mol. The zero-order valence-electron chi connectivity index (χ0n) is 13.2. The van der Waals surface area contributed by atoms with E-state index in [2.05, 4.69) is 4.90 Å². The first-order valence-electron chi connectivity index (χ1n) is 8.25. The van der Waals surface area contributed by atoms with Crippen molar-refractivity contribution in [3.05, 3.63) is 28.0 Å². The lowest BCUT2D eigenvalue weighted by molar-refractivity contribution is -0.125. The van der Waals surface area contributed by atoms with E-state index in [1.54, 1.807) is 17.1 Å². The lowest BCUT2D eigenvalue weighted by Gasteiger charge is -2.33. The van der Waals surface area contributed by atoms with Crippen molar-refractivity contribution >= 4 is 23.3 Å². The van der Waals surface area contributed by atoms with E-state index in [4.69, 9.17) is 5.11 Å². The number of rotatable bonds is 4. The molecule has 2 N–H and O–H groups in total. The van der Waals surface area contributed by atoms with Crippen molar-refractivity contribution in [3.63, 3.8) is 0 Å². The summed E-state index contributed by atoms with van der Waals surface area (Å²) in [5.41, 5.74) is 0.865. The van der Waals surface area contributed by atoms with E-state index in [-0.39, 0.29) is 18.6 Å². The van der Waals surface area contributed by atoms with E-state index < -0.39 is 6.10 Å². The zero-order valence-corrected chi connectivity index (χ0v) is 14.0. The number of β-amino-alcohol motifs (C(OH)–C–C–N with tert-alkyl or cyclic N) is 1. The third-order valence-electron chi connectivity index (χ3n) is 4.68. The zero-order chi connectivity index (χ0) is 16.2. The Morgan fingerprint density at radius 3 is 2.78 bits per heavy atom. The lowest BCUT2D eigenvalue weighted by Crippen LogP contribution is -2.45. The number of nitrogens with zero attached hydrogens (tertiary/aromatic N) is 2. The van der Waals surface area contributed by atoms with E-state index in [9.17, 15) is 9.90 Å². The average Bonchev–Trinajstić information content (AvgIpc) is 3.20. The van der Waals surface area contributed by atoms with Gasteiger partial charge < -0.3 is 15.1 Å². The van der Waals surface area contributed by atoms with Crippen LogP contribution in [0.3, 0.4) is 0 Å². The minimum absolute atomic E-state index is 0.0219. The molecule has 3 heterocycles. The standard InChI is InChI=1S/C17H24N2O3S/c20-11-13-8-14(23-12-13)4-5-17(22)19-9-15(16(21)10-19)18-6-2-1-3-7-18/h4-5,8,12,15-16,20-21H,1-3,6-7,9-11H2/t15-,16-/m0/s1. The fourth-order valence-electron chi connectivity index (χ4n) is 3.38. The highest BCUT2D eigenvalue weighted by molar-refractivity contribution is 7.11. The quantitative estimate of drug-likeness (QED) is 0.814. The number of hydrogen-bond donors (Lipinski definition) is 2.